The number of hydrogen-bond acceptors (Lipinski definition) is 4. The molecule has 1 aliphatic carbocycles. The first-order chi connectivity index (χ1) is 8.80. The number of rotatable bonds is 4. The maximum absolute atomic E-state index is 12.4. The lowest BCUT2D eigenvalue weighted by Crippen LogP contribution is -2.39. The number of aliphatic hydroxyl groups is 1. The predicted molar refractivity (Wildman–Crippen MR) is 77.1 cm³/mol. The molecule has 1 aromatic rings. The van der Waals surface area contributed by atoms with Crippen LogP contribution < -0.4 is 5.73 Å². The average Bonchev–Trinajstić information content (AvgIpc) is 2.26. The Morgan fingerprint density at radius 1 is 1.47 bits per heavy atom. The van der Waals surface area contributed by atoms with Crippen LogP contribution >= 0.6 is 15.9 Å². The molecule has 2 rings (SSSR count). The van der Waals surface area contributed by atoms with Crippen molar-refractivity contribution >= 4 is 31.6 Å². The fraction of sp³-hybridized carbons (Fsp3) is 0.500. The molecule has 1 aromatic carbocycles. The summed E-state index contributed by atoms with van der Waals surface area (Å²) in [7, 11) is -2.03. The molecule has 0 spiro atoms. The molecule has 1 saturated carbocycles. The predicted octanol–water partition coefficient (Wildman–Crippen LogP) is 1.42. The molecular formula is C12H17BrN2O3S. The Balaban J connectivity index is 2.16. The molecule has 0 amide bonds. The number of aliphatic hydroxyl groups excluding tert-OH is 1. The zero-order valence-electron chi connectivity index (χ0n) is 10.6. The van der Waals surface area contributed by atoms with Gasteiger partial charge in [0.05, 0.1) is 11.8 Å². The summed E-state index contributed by atoms with van der Waals surface area (Å²) in [5.74, 6) is 0.228. The third kappa shape index (κ3) is 3.10. The second-order valence-electron chi connectivity index (χ2n) is 4.96. The summed E-state index contributed by atoms with van der Waals surface area (Å²) < 4.78 is 26.8. The van der Waals surface area contributed by atoms with E-state index in [2.05, 4.69) is 15.9 Å². The molecule has 7 heteroatoms. The highest BCUT2D eigenvalue weighted by Gasteiger charge is 2.32. The second kappa shape index (κ2) is 5.40. The van der Waals surface area contributed by atoms with Gasteiger partial charge in [0.25, 0.3) is 0 Å². The summed E-state index contributed by atoms with van der Waals surface area (Å²) in [5.41, 5.74) is 6.00. The number of benzene rings is 1. The van der Waals surface area contributed by atoms with Crippen molar-refractivity contribution in [3.63, 3.8) is 0 Å². The zero-order chi connectivity index (χ0) is 14.2. The van der Waals surface area contributed by atoms with E-state index in [-0.39, 0.29) is 22.6 Å². The fourth-order valence-electron chi connectivity index (χ4n) is 2.23. The van der Waals surface area contributed by atoms with Gasteiger partial charge in [-0.3, -0.25) is 0 Å². The summed E-state index contributed by atoms with van der Waals surface area (Å²) in [4.78, 5) is 0.123. The standard InChI is InChI=1S/C12H17BrN2O3S/c1-15(7-8-4-10(16)5-8)19(17,18)12-3-2-9(13)6-11(12)14/h2-3,6,8,10,16H,4-5,7,14H2,1H3. The molecule has 0 radical (unpaired) electrons. The number of hydrogen-bond donors (Lipinski definition) is 2. The minimum atomic E-state index is -3.57. The Kier molecular flexibility index (Phi) is 4.20. The quantitative estimate of drug-likeness (QED) is 0.806. The van der Waals surface area contributed by atoms with E-state index in [0.29, 0.717) is 19.4 Å². The molecule has 0 saturated heterocycles. The lowest BCUT2D eigenvalue weighted by molar-refractivity contribution is 0.0367. The van der Waals surface area contributed by atoms with Crippen LogP contribution in [0, 0.1) is 5.92 Å². The van der Waals surface area contributed by atoms with E-state index in [0.717, 1.165) is 4.47 Å². The van der Waals surface area contributed by atoms with Crippen molar-refractivity contribution in [3.05, 3.63) is 22.7 Å². The number of nitrogens with zero attached hydrogens (tertiary/aromatic N) is 1. The molecule has 5 nitrogen and oxygen atoms in total. The summed E-state index contributed by atoms with van der Waals surface area (Å²) >= 11 is 3.25. The van der Waals surface area contributed by atoms with Crippen LogP contribution in [0.15, 0.2) is 27.6 Å². The monoisotopic (exact) mass is 348 g/mol. The van der Waals surface area contributed by atoms with Gasteiger partial charge in [0.1, 0.15) is 4.90 Å². The molecule has 0 atom stereocenters. The van der Waals surface area contributed by atoms with E-state index in [1.165, 1.54) is 10.4 Å². The van der Waals surface area contributed by atoms with E-state index in [1.807, 2.05) is 0 Å². The van der Waals surface area contributed by atoms with Crippen molar-refractivity contribution in [1.29, 1.82) is 0 Å². The van der Waals surface area contributed by atoms with Crippen LogP contribution in [0.1, 0.15) is 12.8 Å². The van der Waals surface area contributed by atoms with Crippen LogP contribution in [0.5, 0.6) is 0 Å². The van der Waals surface area contributed by atoms with Crippen LogP contribution in [-0.2, 0) is 10.0 Å². The van der Waals surface area contributed by atoms with Gasteiger partial charge in [-0.2, -0.15) is 0 Å². The second-order valence-corrected chi connectivity index (χ2v) is 7.89. The van der Waals surface area contributed by atoms with Crippen molar-refractivity contribution in [1.82, 2.24) is 4.31 Å². The minimum absolute atomic E-state index is 0.123. The van der Waals surface area contributed by atoms with Crippen molar-refractivity contribution in [2.75, 3.05) is 19.3 Å². The number of sulfonamides is 1. The van der Waals surface area contributed by atoms with E-state index >= 15 is 0 Å². The van der Waals surface area contributed by atoms with E-state index in [9.17, 15) is 13.5 Å². The Labute approximate surface area is 121 Å². The molecule has 106 valence electrons. The molecule has 0 unspecified atom stereocenters. The number of halogens is 1. The molecule has 19 heavy (non-hydrogen) atoms. The van der Waals surface area contributed by atoms with E-state index in [1.54, 1.807) is 19.2 Å². The highest BCUT2D eigenvalue weighted by atomic mass is 79.9. The van der Waals surface area contributed by atoms with Gasteiger partial charge in [0.2, 0.25) is 10.0 Å². The molecule has 0 aliphatic heterocycles. The maximum atomic E-state index is 12.4. The molecule has 3 N–H and O–H groups in total. The van der Waals surface area contributed by atoms with Crippen LogP contribution in [0.2, 0.25) is 0 Å². The summed E-state index contributed by atoms with van der Waals surface area (Å²) in [6, 6.07) is 4.73. The number of nitrogen functional groups attached to an aromatic ring is 1. The van der Waals surface area contributed by atoms with Gasteiger partial charge in [-0.1, -0.05) is 15.9 Å². The van der Waals surface area contributed by atoms with Crippen LogP contribution in [0.4, 0.5) is 5.69 Å². The minimum Gasteiger partial charge on any atom is -0.398 e. The van der Waals surface area contributed by atoms with E-state index in [4.69, 9.17) is 5.73 Å². The molecule has 0 heterocycles. The number of nitrogens with two attached hydrogens (primary N) is 1. The lowest BCUT2D eigenvalue weighted by Gasteiger charge is -2.34. The van der Waals surface area contributed by atoms with Crippen LogP contribution in [0.25, 0.3) is 0 Å². The highest BCUT2D eigenvalue weighted by molar-refractivity contribution is 9.10. The molecule has 1 aliphatic rings. The number of anilines is 1. The van der Waals surface area contributed by atoms with Crippen LogP contribution in [0.3, 0.4) is 0 Å². The molecule has 0 aromatic heterocycles. The largest absolute Gasteiger partial charge is 0.398 e. The molecule has 0 bridgehead atoms. The maximum Gasteiger partial charge on any atom is 0.244 e. The summed E-state index contributed by atoms with van der Waals surface area (Å²) in [6.07, 6.45) is 1.05. The lowest BCUT2D eigenvalue weighted by atomic mass is 9.82. The van der Waals surface area contributed by atoms with Gasteiger partial charge in [0.15, 0.2) is 0 Å². The Morgan fingerprint density at radius 3 is 2.63 bits per heavy atom. The normalized spacial score (nSPS) is 23.4. The Morgan fingerprint density at radius 2 is 2.11 bits per heavy atom. The first-order valence-corrected chi connectivity index (χ1v) is 8.23. The average molecular weight is 349 g/mol. The third-order valence-corrected chi connectivity index (χ3v) is 5.78. The SMILES string of the molecule is CN(CC1CC(O)C1)S(=O)(=O)c1ccc(Br)cc1N. The first-order valence-electron chi connectivity index (χ1n) is 6.00. The van der Waals surface area contributed by atoms with Gasteiger partial charge < -0.3 is 10.8 Å². The summed E-state index contributed by atoms with van der Waals surface area (Å²) in [6.45, 7) is 0.412. The van der Waals surface area contributed by atoms with Gasteiger partial charge in [-0.25, -0.2) is 12.7 Å². The summed E-state index contributed by atoms with van der Waals surface area (Å²) in [5, 5.41) is 9.23. The first kappa shape index (κ1) is 14.8. The Bertz CT molecular complexity index is 570. The third-order valence-electron chi connectivity index (χ3n) is 3.39. The van der Waals surface area contributed by atoms with Crippen molar-refractivity contribution in [2.24, 2.45) is 5.92 Å². The topological polar surface area (TPSA) is 83.6 Å². The van der Waals surface area contributed by atoms with Crippen molar-refractivity contribution < 1.29 is 13.5 Å². The highest BCUT2D eigenvalue weighted by Crippen LogP contribution is 2.30. The molecular weight excluding hydrogens is 332 g/mol. The smallest absolute Gasteiger partial charge is 0.244 e. The van der Waals surface area contributed by atoms with Gasteiger partial charge >= 0.3 is 0 Å². The van der Waals surface area contributed by atoms with Gasteiger partial charge in [0, 0.05) is 18.1 Å². The van der Waals surface area contributed by atoms with Gasteiger partial charge in [-0.15, -0.1) is 0 Å². The van der Waals surface area contributed by atoms with Crippen molar-refractivity contribution in [2.45, 2.75) is 23.8 Å². The van der Waals surface area contributed by atoms with E-state index < -0.39 is 10.0 Å². The Hall–Kier alpha value is -0.630. The zero-order valence-corrected chi connectivity index (χ0v) is 13.0. The molecule has 1 fully saturated rings. The van der Waals surface area contributed by atoms with Crippen molar-refractivity contribution in [3.8, 4) is 0 Å². The van der Waals surface area contributed by atoms with Crippen LogP contribution in [-0.4, -0.2) is 37.5 Å². The van der Waals surface area contributed by atoms with Gasteiger partial charge in [-0.05, 0) is 37.0 Å². The fourth-order valence-corrected chi connectivity index (χ4v) is 3.95.